The predicted molar refractivity (Wildman–Crippen MR) is 97.5 cm³/mol. The molecule has 0 saturated carbocycles. The SMILES string of the molecule is CCCCOc1ccccc1/C=C/C(=O)Nc1ccccc1OC. The van der Waals surface area contributed by atoms with E-state index in [1.54, 1.807) is 25.3 Å². The van der Waals surface area contributed by atoms with Gasteiger partial charge < -0.3 is 14.8 Å². The number of rotatable bonds is 8. The van der Waals surface area contributed by atoms with Crippen LogP contribution in [0.25, 0.3) is 6.08 Å². The minimum absolute atomic E-state index is 0.220. The van der Waals surface area contributed by atoms with Crippen molar-refractivity contribution in [3.8, 4) is 11.5 Å². The van der Waals surface area contributed by atoms with Gasteiger partial charge in [-0.05, 0) is 30.7 Å². The molecule has 0 bridgehead atoms. The fourth-order valence-corrected chi connectivity index (χ4v) is 2.16. The van der Waals surface area contributed by atoms with E-state index in [1.807, 2.05) is 36.4 Å². The van der Waals surface area contributed by atoms with Crippen LogP contribution in [0.4, 0.5) is 5.69 Å². The highest BCUT2D eigenvalue weighted by molar-refractivity contribution is 6.02. The molecule has 0 unspecified atom stereocenters. The van der Waals surface area contributed by atoms with E-state index >= 15 is 0 Å². The monoisotopic (exact) mass is 325 g/mol. The Balaban J connectivity index is 2.03. The van der Waals surface area contributed by atoms with Crippen molar-refractivity contribution in [3.63, 3.8) is 0 Å². The van der Waals surface area contributed by atoms with Crippen LogP contribution in [0.5, 0.6) is 11.5 Å². The maximum Gasteiger partial charge on any atom is 0.248 e. The first-order valence-electron chi connectivity index (χ1n) is 8.08. The fourth-order valence-electron chi connectivity index (χ4n) is 2.16. The van der Waals surface area contributed by atoms with Gasteiger partial charge in [0.05, 0.1) is 19.4 Å². The second kappa shape index (κ2) is 9.40. The second-order valence-corrected chi connectivity index (χ2v) is 5.26. The molecule has 0 aliphatic rings. The molecule has 0 atom stereocenters. The Kier molecular flexibility index (Phi) is 6.90. The summed E-state index contributed by atoms with van der Waals surface area (Å²) >= 11 is 0. The van der Waals surface area contributed by atoms with Gasteiger partial charge in [0.1, 0.15) is 11.5 Å². The molecular weight excluding hydrogens is 302 g/mol. The normalized spacial score (nSPS) is 10.6. The zero-order valence-electron chi connectivity index (χ0n) is 14.1. The minimum atomic E-state index is -0.220. The molecule has 24 heavy (non-hydrogen) atoms. The molecule has 4 heteroatoms. The van der Waals surface area contributed by atoms with Crippen LogP contribution in [0, 0.1) is 0 Å². The first-order valence-corrected chi connectivity index (χ1v) is 8.08. The summed E-state index contributed by atoms with van der Waals surface area (Å²) in [7, 11) is 1.57. The molecular formula is C20H23NO3. The van der Waals surface area contributed by atoms with Gasteiger partial charge in [0.2, 0.25) is 5.91 Å². The smallest absolute Gasteiger partial charge is 0.248 e. The number of anilines is 1. The first-order chi connectivity index (χ1) is 11.7. The quantitative estimate of drug-likeness (QED) is 0.573. The molecule has 2 aromatic carbocycles. The van der Waals surface area contributed by atoms with E-state index < -0.39 is 0 Å². The molecule has 2 rings (SSSR count). The highest BCUT2D eigenvalue weighted by atomic mass is 16.5. The maximum absolute atomic E-state index is 12.1. The van der Waals surface area contributed by atoms with Crippen molar-refractivity contribution < 1.29 is 14.3 Å². The zero-order chi connectivity index (χ0) is 17.2. The van der Waals surface area contributed by atoms with Gasteiger partial charge in [0.15, 0.2) is 0 Å². The van der Waals surface area contributed by atoms with Crippen molar-refractivity contribution >= 4 is 17.7 Å². The van der Waals surface area contributed by atoms with Crippen LogP contribution in [-0.2, 0) is 4.79 Å². The van der Waals surface area contributed by atoms with Crippen molar-refractivity contribution in [2.24, 2.45) is 0 Å². The Morgan fingerprint density at radius 2 is 1.79 bits per heavy atom. The van der Waals surface area contributed by atoms with Gasteiger partial charge in [-0.2, -0.15) is 0 Å². The van der Waals surface area contributed by atoms with Gasteiger partial charge in [-0.3, -0.25) is 4.79 Å². The summed E-state index contributed by atoms with van der Waals surface area (Å²) in [5.41, 5.74) is 1.52. The van der Waals surface area contributed by atoms with Crippen LogP contribution in [0.2, 0.25) is 0 Å². The lowest BCUT2D eigenvalue weighted by Crippen LogP contribution is -2.08. The predicted octanol–water partition coefficient (Wildman–Crippen LogP) is 4.53. The van der Waals surface area contributed by atoms with Crippen molar-refractivity contribution in [2.45, 2.75) is 19.8 Å². The second-order valence-electron chi connectivity index (χ2n) is 5.26. The molecule has 2 aromatic rings. The highest BCUT2D eigenvalue weighted by Crippen LogP contribution is 2.23. The third kappa shape index (κ3) is 5.16. The molecule has 1 amide bonds. The van der Waals surface area contributed by atoms with Gasteiger partial charge in [-0.25, -0.2) is 0 Å². The molecule has 0 saturated heterocycles. The van der Waals surface area contributed by atoms with E-state index in [1.165, 1.54) is 6.08 Å². The average molecular weight is 325 g/mol. The molecule has 0 aliphatic carbocycles. The van der Waals surface area contributed by atoms with Gasteiger partial charge in [-0.15, -0.1) is 0 Å². The van der Waals surface area contributed by atoms with Crippen molar-refractivity contribution in [2.75, 3.05) is 19.0 Å². The zero-order valence-corrected chi connectivity index (χ0v) is 14.1. The highest BCUT2D eigenvalue weighted by Gasteiger charge is 2.05. The third-order valence-corrected chi connectivity index (χ3v) is 3.45. The molecule has 0 radical (unpaired) electrons. The van der Waals surface area contributed by atoms with Gasteiger partial charge in [0.25, 0.3) is 0 Å². The number of hydrogen-bond donors (Lipinski definition) is 1. The van der Waals surface area contributed by atoms with E-state index in [-0.39, 0.29) is 5.91 Å². The Morgan fingerprint density at radius 3 is 2.54 bits per heavy atom. The molecule has 4 nitrogen and oxygen atoms in total. The summed E-state index contributed by atoms with van der Waals surface area (Å²) in [6, 6.07) is 15.0. The number of carbonyl (C=O) groups is 1. The number of benzene rings is 2. The largest absolute Gasteiger partial charge is 0.495 e. The van der Waals surface area contributed by atoms with E-state index in [2.05, 4.69) is 12.2 Å². The number of ether oxygens (including phenoxy) is 2. The Labute approximate surface area is 143 Å². The standard InChI is InChI=1S/C20H23NO3/c1-3-4-15-24-18-11-7-5-9-16(18)13-14-20(22)21-17-10-6-8-12-19(17)23-2/h5-14H,3-4,15H2,1-2H3,(H,21,22)/b14-13+. The van der Waals surface area contributed by atoms with Crippen LogP contribution in [0.15, 0.2) is 54.6 Å². The lowest BCUT2D eigenvalue weighted by atomic mass is 10.2. The third-order valence-electron chi connectivity index (χ3n) is 3.45. The summed E-state index contributed by atoms with van der Waals surface area (Å²) < 4.78 is 11.0. The molecule has 0 heterocycles. The van der Waals surface area contributed by atoms with E-state index in [4.69, 9.17) is 9.47 Å². The van der Waals surface area contributed by atoms with Gasteiger partial charge in [0, 0.05) is 11.6 Å². The molecule has 0 aliphatic heterocycles. The molecule has 0 spiro atoms. The summed E-state index contributed by atoms with van der Waals surface area (Å²) in [6.45, 7) is 2.80. The van der Waals surface area contributed by atoms with Crippen LogP contribution in [0.1, 0.15) is 25.3 Å². The van der Waals surface area contributed by atoms with Gasteiger partial charge >= 0.3 is 0 Å². The first kappa shape index (κ1) is 17.6. The fraction of sp³-hybridized carbons (Fsp3) is 0.250. The lowest BCUT2D eigenvalue weighted by molar-refractivity contribution is -0.111. The van der Waals surface area contributed by atoms with Crippen LogP contribution >= 0.6 is 0 Å². The number of hydrogen-bond acceptors (Lipinski definition) is 3. The average Bonchev–Trinajstić information content (AvgIpc) is 2.61. The number of unbranched alkanes of at least 4 members (excludes halogenated alkanes) is 1. The van der Waals surface area contributed by atoms with Crippen LogP contribution in [-0.4, -0.2) is 19.6 Å². The maximum atomic E-state index is 12.1. The van der Waals surface area contributed by atoms with Crippen LogP contribution < -0.4 is 14.8 Å². The number of carbonyl (C=O) groups excluding carboxylic acids is 1. The summed E-state index contributed by atoms with van der Waals surface area (Å²) in [6.07, 6.45) is 5.34. The number of methoxy groups -OCH3 is 1. The summed E-state index contributed by atoms with van der Waals surface area (Å²) in [5, 5.41) is 2.81. The Hall–Kier alpha value is -2.75. The van der Waals surface area contributed by atoms with Crippen molar-refractivity contribution in [3.05, 3.63) is 60.2 Å². The van der Waals surface area contributed by atoms with Crippen molar-refractivity contribution in [1.82, 2.24) is 0 Å². The minimum Gasteiger partial charge on any atom is -0.495 e. The van der Waals surface area contributed by atoms with E-state index in [0.29, 0.717) is 18.0 Å². The number of nitrogens with one attached hydrogen (secondary N) is 1. The van der Waals surface area contributed by atoms with E-state index in [9.17, 15) is 4.79 Å². The number of amides is 1. The summed E-state index contributed by atoms with van der Waals surface area (Å²) in [5.74, 6) is 1.19. The molecule has 126 valence electrons. The molecule has 0 fully saturated rings. The topological polar surface area (TPSA) is 47.6 Å². The Morgan fingerprint density at radius 1 is 1.08 bits per heavy atom. The van der Waals surface area contributed by atoms with E-state index in [0.717, 1.165) is 24.2 Å². The summed E-state index contributed by atoms with van der Waals surface area (Å²) in [4.78, 5) is 12.1. The lowest BCUT2D eigenvalue weighted by Gasteiger charge is -2.09. The molecule has 1 N–H and O–H groups in total. The molecule has 0 aromatic heterocycles. The number of para-hydroxylation sites is 3. The van der Waals surface area contributed by atoms with Crippen molar-refractivity contribution in [1.29, 1.82) is 0 Å². The Bertz CT molecular complexity index is 695. The van der Waals surface area contributed by atoms with Gasteiger partial charge in [-0.1, -0.05) is 43.7 Å². The van der Waals surface area contributed by atoms with Crippen LogP contribution in [0.3, 0.4) is 0 Å².